The highest BCUT2D eigenvalue weighted by atomic mass is 16.5. The van der Waals surface area contributed by atoms with E-state index in [0.717, 1.165) is 54.2 Å². The fourth-order valence-electron chi connectivity index (χ4n) is 4.37. The number of nitrogens with one attached hydrogen (secondary N) is 1. The molecule has 2 heterocycles. The van der Waals surface area contributed by atoms with E-state index in [1.54, 1.807) is 14.2 Å². The van der Waals surface area contributed by atoms with Crippen molar-refractivity contribution in [2.45, 2.75) is 33.2 Å². The summed E-state index contributed by atoms with van der Waals surface area (Å²) in [5.74, 6) is 3.44. The lowest BCUT2D eigenvalue weighted by Gasteiger charge is -2.32. The Hall–Kier alpha value is -3.81. The number of aryl methyl sites for hydroxylation is 2. The maximum atomic E-state index is 12.8. The van der Waals surface area contributed by atoms with Gasteiger partial charge in [0.05, 0.1) is 14.2 Å². The van der Waals surface area contributed by atoms with Gasteiger partial charge in [-0.2, -0.15) is 0 Å². The normalized spacial score (nSPS) is 13.9. The van der Waals surface area contributed by atoms with Gasteiger partial charge < -0.3 is 24.4 Å². The van der Waals surface area contributed by atoms with E-state index in [-0.39, 0.29) is 11.8 Å². The summed E-state index contributed by atoms with van der Waals surface area (Å²) < 4.78 is 16.6. The van der Waals surface area contributed by atoms with Crippen LogP contribution in [0.4, 0.5) is 5.82 Å². The van der Waals surface area contributed by atoms with Gasteiger partial charge in [0.25, 0.3) is 0 Å². The Kier molecular flexibility index (Phi) is 7.70. The molecule has 1 aliphatic rings. The van der Waals surface area contributed by atoms with Gasteiger partial charge in [-0.3, -0.25) is 4.79 Å². The highest BCUT2D eigenvalue weighted by Gasteiger charge is 2.26. The number of piperidine rings is 1. The highest BCUT2D eigenvalue weighted by Crippen LogP contribution is 2.29. The van der Waals surface area contributed by atoms with Crippen molar-refractivity contribution in [3.8, 4) is 23.1 Å². The van der Waals surface area contributed by atoms with E-state index in [9.17, 15) is 4.79 Å². The number of carbonyl (C=O) groups excluding carboxylic acids is 1. The first-order valence-corrected chi connectivity index (χ1v) is 11.8. The lowest BCUT2D eigenvalue weighted by Crippen LogP contribution is -2.40. The minimum Gasteiger partial charge on any atom is -0.493 e. The smallest absolute Gasteiger partial charge is 0.224 e. The number of aromatic nitrogens is 2. The van der Waals surface area contributed by atoms with Crippen molar-refractivity contribution < 1.29 is 19.0 Å². The number of anilines is 1. The zero-order valence-electron chi connectivity index (χ0n) is 20.7. The molecule has 0 unspecified atom stereocenters. The van der Waals surface area contributed by atoms with Crippen molar-refractivity contribution in [3.05, 3.63) is 65.5 Å². The van der Waals surface area contributed by atoms with Gasteiger partial charge in [-0.15, -0.1) is 0 Å². The number of rotatable bonds is 8. The predicted octanol–water partition coefficient (Wildman–Crippen LogP) is 4.44. The molecule has 0 bridgehead atoms. The van der Waals surface area contributed by atoms with E-state index in [0.29, 0.717) is 23.9 Å². The molecule has 0 saturated carbocycles. The van der Waals surface area contributed by atoms with Crippen LogP contribution in [-0.4, -0.2) is 43.2 Å². The van der Waals surface area contributed by atoms with E-state index in [1.165, 1.54) is 6.33 Å². The zero-order valence-corrected chi connectivity index (χ0v) is 20.7. The van der Waals surface area contributed by atoms with E-state index in [2.05, 4.69) is 26.3 Å². The van der Waals surface area contributed by atoms with Crippen LogP contribution in [0.2, 0.25) is 0 Å². The number of benzene rings is 2. The summed E-state index contributed by atoms with van der Waals surface area (Å²) in [5.41, 5.74) is 3.24. The second-order valence-electron chi connectivity index (χ2n) is 8.81. The van der Waals surface area contributed by atoms with Crippen molar-refractivity contribution in [1.29, 1.82) is 0 Å². The molecular formula is C27H32N4O4. The monoisotopic (exact) mass is 476 g/mol. The summed E-state index contributed by atoms with van der Waals surface area (Å²) in [4.78, 5) is 23.6. The summed E-state index contributed by atoms with van der Waals surface area (Å²) in [5, 5.41) is 3.06. The molecular weight excluding hydrogens is 444 g/mol. The Morgan fingerprint density at radius 1 is 0.971 bits per heavy atom. The second kappa shape index (κ2) is 11.1. The first-order valence-electron chi connectivity index (χ1n) is 11.8. The topological polar surface area (TPSA) is 85.8 Å². The second-order valence-corrected chi connectivity index (χ2v) is 8.81. The summed E-state index contributed by atoms with van der Waals surface area (Å²) in [7, 11) is 3.20. The van der Waals surface area contributed by atoms with E-state index in [4.69, 9.17) is 14.2 Å². The zero-order chi connectivity index (χ0) is 24.8. The third kappa shape index (κ3) is 6.20. The Morgan fingerprint density at radius 2 is 1.69 bits per heavy atom. The molecule has 8 heteroatoms. The first-order chi connectivity index (χ1) is 16.9. The van der Waals surface area contributed by atoms with Gasteiger partial charge in [-0.05, 0) is 67.6 Å². The average molecular weight is 477 g/mol. The SMILES string of the molecule is COc1ccc(CNC(=O)C2CCN(c3cc(Oc4cc(C)cc(C)c4)ncn3)CC2)cc1OC. The molecule has 1 saturated heterocycles. The van der Waals surface area contributed by atoms with Crippen LogP contribution in [0.25, 0.3) is 0 Å². The maximum Gasteiger partial charge on any atom is 0.224 e. The van der Waals surface area contributed by atoms with Crippen LogP contribution in [0, 0.1) is 19.8 Å². The van der Waals surface area contributed by atoms with Crippen molar-refractivity contribution in [2.24, 2.45) is 5.92 Å². The molecule has 1 fully saturated rings. The minimum atomic E-state index is -0.0285. The average Bonchev–Trinajstić information content (AvgIpc) is 2.86. The lowest BCUT2D eigenvalue weighted by molar-refractivity contribution is -0.125. The molecule has 35 heavy (non-hydrogen) atoms. The number of ether oxygens (including phenoxy) is 3. The highest BCUT2D eigenvalue weighted by molar-refractivity contribution is 5.79. The molecule has 4 rings (SSSR count). The van der Waals surface area contributed by atoms with E-state index in [1.807, 2.05) is 50.2 Å². The molecule has 1 aromatic heterocycles. The molecule has 184 valence electrons. The molecule has 1 amide bonds. The first kappa shape index (κ1) is 24.3. The molecule has 0 atom stereocenters. The van der Waals surface area contributed by atoms with E-state index >= 15 is 0 Å². The van der Waals surface area contributed by atoms with Crippen LogP contribution in [0.3, 0.4) is 0 Å². The Balaban J connectivity index is 1.30. The number of methoxy groups -OCH3 is 2. The number of hydrogen-bond donors (Lipinski definition) is 1. The van der Waals surface area contributed by atoms with Crippen LogP contribution in [0.15, 0.2) is 48.8 Å². The number of hydrogen-bond acceptors (Lipinski definition) is 7. The molecule has 2 aromatic carbocycles. The molecule has 1 aliphatic heterocycles. The molecule has 8 nitrogen and oxygen atoms in total. The predicted molar refractivity (Wildman–Crippen MR) is 134 cm³/mol. The summed E-state index contributed by atoms with van der Waals surface area (Å²) in [6, 6.07) is 13.6. The number of amides is 1. The van der Waals surface area contributed by atoms with Gasteiger partial charge in [0.15, 0.2) is 11.5 Å². The summed E-state index contributed by atoms with van der Waals surface area (Å²) in [6.45, 7) is 6.02. The van der Waals surface area contributed by atoms with Crippen molar-refractivity contribution >= 4 is 11.7 Å². The molecule has 0 radical (unpaired) electrons. The molecule has 0 aliphatic carbocycles. The minimum absolute atomic E-state index is 0.0285. The summed E-state index contributed by atoms with van der Waals surface area (Å²) >= 11 is 0. The number of carbonyl (C=O) groups is 1. The third-order valence-electron chi connectivity index (χ3n) is 6.15. The molecule has 3 aromatic rings. The van der Waals surface area contributed by atoms with Gasteiger partial charge in [0.2, 0.25) is 11.8 Å². The van der Waals surface area contributed by atoms with Crippen LogP contribution in [0.1, 0.15) is 29.5 Å². The Labute approximate surface area is 206 Å². The van der Waals surface area contributed by atoms with Crippen molar-refractivity contribution in [1.82, 2.24) is 15.3 Å². The van der Waals surface area contributed by atoms with Crippen LogP contribution in [0.5, 0.6) is 23.1 Å². The van der Waals surface area contributed by atoms with Gasteiger partial charge in [0, 0.05) is 31.6 Å². The fourth-order valence-corrected chi connectivity index (χ4v) is 4.37. The van der Waals surface area contributed by atoms with Crippen LogP contribution >= 0.6 is 0 Å². The fraction of sp³-hybridized carbons (Fsp3) is 0.370. The van der Waals surface area contributed by atoms with E-state index < -0.39 is 0 Å². The van der Waals surface area contributed by atoms with Gasteiger partial charge >= 0.3 is 0 Å². The third-order valence-corrected chi connectivity index (χ3v) is 6.15. The largest absolute Gasteiger partial charge is 0.493 e. The quantitative estimate of drug-likeness (QED) is 0.515. The van der Waals surface area contributed by atoms with Crippen molar-refractivity contribution in [2.75, 3.05) is 32.2 Å². The van der Waals surface area contributed by atoms with Gasteiger partial charge in [-0.25, -0.2) is 9.97 Å². The van der Waals surface area contributed by atoms with Crippen LogP contribution < -0.4 is 24.4 Å². The Morgan fingerprint density at radius 3 is 2.37 bits per heavy atom. The lowest BCUT2D eigenvalue weighted by atomic mass is 9.96. The molecule has 0 spiro atoms. The maximum absolute atomic E-state index is 12.8. The number of nitrogens with zero attached hydrogens (tertiary/aromatic N) is 3. The van der Waals surface area contributed by atoms with Crippen LogP contribution in [-0.2, 0) is 11.3 Å². The van der Waals surface area contributed by atoms with Gasteiger partial charge in [0.1, 0.15) is 17.9 Å². The van der Waals surface area contributed by atoms with Gasteiger partial charge in [-0.1, -0.05) is 12.1 Å². The summed E-state index contributed by atoms with van der Waals surface area (Å²) in [6.07, 6.45) is 3.04. The molecule has 1 N–H and O–H groups in total. The van der Waals surface area contributed by atoms with Crippen molar-refractivity contribution in [3.63, 3.8) is 0 Å². The standard InChI is InChI=1S/C27H32N4O4/c1-18-11-19(2)13-22(12-18)35-26-15-25(29-17-30-26)31-9-7-21(8-10-31)27(32)28-16-20-5-6-23(33-3)24(14-20)34-4/h5-6,11-15,17,21H,7-10,16H2,1-4H3,(H,28,32). The Bertz CT molecular complexity index is 1160.